The van der Waals surface area contributed by atoms with E-state index in [1.165, 1.54) is 13.3 Å². The van der Waals surface area contributed by atoms with Crippen LogP contribution in [0.2, 0.25) is 0 Å². The van der Waals surface area contributed by atoms with E-state index >= 15 is 0 Å². The van der Waals surface area contributed by atoms with Crippen molar-refractivity contribution in [3.63, 3.8) is 0 Å². The average molecular weight is 342 g/mol. The van der Waals surface area contributed by atoms with Gasteiger partial charge in [-0.1, -0.05) is 26.7 Å². The first-order valence-electron chi connectivity index (χ1n) is 8.49. The highest BCUT2D eigenvalue weighted by molar-refractivity contribution is 5.74. The van der Waals surface area contributed by atoms with Gasteiger partial charge >= 0.3 is 5.97 Å². The van der Waals surface area contributed by atoms with E-state index in [9.17, 15) is 19.8 Å². The lowest BCUT2D eigenvalue weighted by molar-refractivity contribution is -0.145. The van der Waals surface area contributed by atoms with E-state index in [1.54, 1.807) is 7.05 Å². The van der Waals surface area contributed by atoms with Crippen LogP contribution in [0, 0.1) is 17.8 Å². The van der Waals surface area contributed by atoms with Gasteiger partial charge in [0.05, 0.1) is 12.0 Å². The van der Waals surface area contributed by atoms with Crippen LogP contribution in [-0.4, -0.2) is 53.7 Å². The third kappa shape index (κ3) is 4.83. The van der Waals surface area contributed by atoms with Gasteiger partial charge in [-0.25, -0.2) is 0 Å². The van der Waals surface area contributed by atoms with Gasteiger partial charge in [0.1, 0.15) is 6.34 Å². The molecule has 0 heterocycles. The highest BCUT2D eigenvalue weighted by atomic mass is 16.4. The summed E-state index contributed by atoms with van der Waals surface area (Å²) in [5, 5.41) is 29.9. The summed E-state index contributed by atoms with van der Waals surface area (Å²) in [6.45, 7) is 5.50. The summed E-state index contributed by atoms with van der Waals surface area (Å²) in [4.78, 5) is 23.1. The Hall–Kier alpha value is -1.83. The average Bonchev–Trinajstić information content (AvgIpc) is 2.84. The number of aliphatic hydroxyl groups is 1. The fraction of sp³-hybridized carbons (Fsp3) is 0.812. The smallest absolute Gasteiger partial charge is 0.309 e. The molecule has 138 valence electrons. The van der Waals surface area contributed by atoms with Crippen molar-refractivity contribution in [3.8, 4) is 0 Å². The molecular formula is C16H30N4O4. The molecule has 0 saturated heterocycles. The first-order valence-corrected chi connectivity index (χ1v) is 8.49. The van der Waals surface area contributed by atoms with Crippen molar-refractivity contribution in [2.75, 3.05) is 7.05 Å². The largest absolute Gasteiger partial charge is 0.481 e. The Labute approximate surface area is 143 Å². The molecule has 1 fully saturated rings. The summed E-state index contributed by atoms with van der Waals surface area (Å²) < 4.78 is 0. The molecule has 0 spiro atoms. The van der Waals surface area contributed by atoms with Crippen molar-refractivity contribution in [1.82, 2.24) is 16.1 Å². The summed E-state index contributed by atoms with van der Waals surface area (Å²) >= 11 is 0. The third-order valence-electron chi connectivity index (χ3n) is 4.92. The SMILES string of the molecule is CCC(CC)[C@H](NC(C)=O)[C@@H]1[C@H](O)[C@@H](C(=O)O)C[C@H]1NC=NNC. The van der Waals surface area contributed by atoms with Crippen molar-refractivity contribution >= 4 is 18.2 Å². The molecule has 1 aliphatic rings. The van der Waals surface area contributed by atoms with Gasteiger partial charge in [0, 0.05) is 32.0 Å². The number of carboxylic acid groups (broad SMARTS) is 1. The number of hydrogen-bond donors (Lipinski definition) is 5. The number of carbonyl (C=O) groups excluding carboxylic acids is 1. The Morgan fingerprint density at radius 1 is 1.33 bits per heavy atom. The number of aliphatic hydroxyl groups excluding tert-OH is 1. The number of carbonyl (C=O) groups is 2. The number of nitrogens with zero attached hydrogens (tertiary/aromatic N) is 1. The summed E-state index contributed by atoms with van der Waals surface area (Å²) in [7, 11) is 1.66. The zero-order chi connectivity index (χ0) is 18.3. The highest BCUT2D eigenvalue weighted by Gasteiger charge is 2.50. The van der Waals surface area contributed by atoms with E-state index < -0.39 is 23.9 Å². The topological polar surface area (TPSA) is 123 Å². The van der Waals surface area contributed by atoms with Crippen molar-refractivity contribution in [1.29, 1.82) is 0 Å². The Balaban J connectivity index is 3.12. The minimum Gasteiger partial charge on any atom is -0.481 e. The maximum Gasteiger partial charge on any atom is 0.309 e. The predicted molar refractivity (Wildman–Crippen MR) is 91.4 cm³/mol. The number of rotatable bonds is 9. The summed E-state index contributed by atoms with van der Waals surface area (Å²) in [5.74, 6) is -2.30. The quantitative estimate of drug-likeness (QED) is 0.231. The first kappa shape index (κ1) is 20.2. The maximum atomic E-state index is 11.7. The minimum atomic E-state index is -1.03. The molecule has 0 unspecified atom stereocenters. The van der Waals surface area contributed by atoms with Gasteiger partial charge in [-0.05, 0) is 12.3 Å². The van der Waals surface area contributed by atoms with Gasteiger partial charge in [-0.15, -0.1) is 0 Å². The van der Waals surface area contributed by atoms with Crippen LogP contribution in [-0.2, 0) is 9.59 Å². The molecule has 1 saturated carbocycles. The fourth-order valence-electron chi connectivity index (χ4n) is 3.72. The first-order chi connectivity index (χ1) is 11.4. The zero-order valence-electron chi connectivity index (χ0n) is 14.8. The molecule has 0 aromatic carbocycles. The van der Waals surface area contributed by atoms with Crippen molar-refractivity contribution in [3.05, 3.63) is 0 Å². The zero-order valence-corrected chi connectivity index (χ0v) is 14.8. The minimum absolute atomic E-state index is 0.159. The number of hydrogen-bond acceptors (Lipinski definition) is 5. The highest BCUT2D eigenvalue weighted by Crippen LogP contribution is 2.37. The van der Waals surface area contributed by atoms with E-state index in [2.05, 4.69) is 21.2 Å². The van der Waals surface area contributed by atoms with Gasteiger partial charge in [0.25, 0.3) is 0 Å². The normalized spacial score (nSPS) is 28.1. The molecule has 24 heavy (non-hydrogen) atoms. The lowest BCUT2D eigenvalue weighted by Crippen LogP contribution is -2.53. The van der Waals surface area contributed by atoms with E-state index in [1.807, 2.05) is 13.8 Å². The Bertz CT molecular complexity index is 453. The van der Waals surface area contributed by atoms with E-state index in [-0.39, 0.29) is 30.3 Å². The van der Waals surface area contributed by atoms with Crippen molar-refractivity contribution < 1.29 is 19.8 Å². The van der Waals surface area contributed by atoms with Gasteiger partial charge in [0.15, 0.2) is 0 Å². The number of carboxylic acids is 1. The molecule has 8 heteroatoms. The molecule has 5 N–H and O–H groups in total. The lowest BCUT2D eigenvalue weighted by Gasteiger charge is -2.36. The van der Waals surface area contributed by atoms with Crippen molar-refractivity contribution in [2.45, 2.75) is 58.2 Å². The molecule has 5 atom stereocenters. The molecule has 1 amide bonds. The van der Waals surface area contributed by atoms with Crippen LogP contribution in [0.3, 0.4) is 0 Å². The monoisotopic (exact) mass is 342 g/mol. The van der Waals surface area contributed by atoms with Crippen LogP contribution in [0.4, 0.5) is 0 Å². The summed E-state index contributed by atoms with van der Waals surface area (Å²) in [6.07, 6.45) is 2.39. The third-order valence-corrected chi connectivity index (χ3v) is 4.92. The molecule has 8 nitrogen and oxygen atoms in total. The Morgan fingerprint density at radius 2 is 1.96 bits per heavy atom. The standard InChI is InChI=1S/C16H30N4O4/c1-5-10(6-2)14(20-9(3)21)13-12(18-8-19-17-4)7-11(15(13)22)16(23)24/h8,10-15,17,22H,5-7H2,1-4H3,(H,18,19)(H,20,21)(H,23,24)/t11-,12+,13+,14-,15+/m0/s1. The van der Waals surface area contributed by atoms with E-state index in [0.717, 1.165) is 12.8 Å². The maximum absolute atomic E-state index is 11.7. The molecule has 0 aromatic rings. The molecule has 1 rings (SSSR count). The molecule has 0 aliphatic heterocycles. The second-order valence-electron chi connectivity index (χ2n) is 6.31. The molecule has 0 aromatic heterocycles. The second-order valence-corrected chi connectivity index (χ2v) is 6.31. The van der Waals surface area contributed by atoms with E-state index in [4.69, 9.17) is 0 Å². The van der Waals surface area contributed by atoms with Gasteiger partial charge in [-0.2, -0.15) is 5.10 Å². The van der Waals surface area contributed by atoms with Crippen LogP contribution in [0.15, 0.2) is 5.10 Å². The number of aliphatic carboxylic acids is 1. The summed E-state index contributed by atoms with van der Waals surface area (Å²) in [5.41, 5.74) is 2.62. The molecular weight excluding hydrogens is 312 g/mol. The van der Waals surface area contributed by atoms with Gasteiger partial charge in [-0.3, -0.25) is 9.59 Å². The van der Waals surface area contributed by atoms with Gasteiger partial charge < -0.3 is 26.3 Å². The number of hydrazone groups is 1. The van der Waals surface area contributed by atoms with Crippen LogP contribution in [0.25, 0.3) is 0 Å². The lowest BCUT2D eigenvalue weighted by atomic mass is 9.80. The Morgan fingerprint density at radius 3 is 2.42 bits per heavy atom. The van der Waals surface area contributed by atoms with Crippen molar-refractivity contribution in [2.24, 2.45) is 22.9 Å². The predicted octanol–water partition coefficient (Wildman–Crippen LogP) is 0.130. The molecule has 0 bridgehead atoms. The summed E-state index contributed by atoms with van der Waals surface area (Å²) in [6, 6.07) is -0.576. The fourth-order valence-corrected chi connectivity index (χ4v) is 3.72. The van der Waals surface area contributed by atoms with Crippen LogP contribution in [0.5, 0.6) is 0 Å². The molecule has 0 radical (unpaired) electrons. The molecule has 1 aliphatic carbocycles. The van der Waals surface area contributed by atoms with Gasteiger partial charge in [0.2, 0.25) is 5.91 Å². The van der Waals surface area contributed by atoms with Crippen LogP contribution < -0.4 is 16.1 Å². The van der Waals surface area contributed by atoms with Crippen LogP contribution >= 0.6 is 0 Å². The Kier molecular flexibility index (Phi) is 7.97. The van der Waals surface area contributed by atoms with Crippen LogP contribution in [0.1, 0.15) is 40.0 Å². The second kappa shape index (κ2) is 9.46. The number of nitrogens with one attached hydrogen (secondary N) is 3. The number of amides is 1. The van der Waals surface area contributed by atoms with E-state index in [0.29, 0.717) is 0 Å².